The molecule has 0 aliphatic carbocycles. The summed E-state index contributed by atoms with van der Waals surface area (Å²) in [5.41, 5.74) is 7.29. The molecule has 100 valence electrons. The number of rotatable bonds is 4. The topological polar surface area (TPSA) is 75.1 Å². The Morgan fingerprint density at radius 1 is 1.37 bits per heavy atom. The lowest BCUT2D eigenvalue weighted by Crippen LogP contribution is -2.06. The molecule has 0 heterocycles. The highest BCUT2D eigenvalue weighted by molar-refractivity contribution is 5.93. The van der Waals surface area contributed by atoms with Crippen LogP contribution in [0, 0.1) is 17.5 Å². The van der Waals surface area contributed by atoms with Gasteiger partial charge in [0, 0.05) is 16.5 Å². The summed E-state index contributed by atoms with van der Waals surface area (Å²) >= 11 is 0. The summed E-state index contributed by atoms with van der Waals surface area (Å²) < 4.78 is 43.6. The van der Waals surface area contributed by atoms with Crippen LogP contribution in [-0.4, -0.2) is 12.6 Å². The van der Waals surface area contributed by atoms with E-state index in [0.717, 1.165) is 6.08 Å². The highest BCUT2D eigenvalue weighted by Gasteiger charge is 2.13. The first-order valence-corrected chi connectivity index (χ1v) is 5.08. The maximum Gasteiger partial charge on any atom is 0.340 e. The predicted molar refractivity (Wildman–Crippen MR) is 60.1 cm³/mol. The Morgan fingerprint density at radius 3 is 2.58 bits per heavy atom. The fraction of sp³-hybridized carbons (Fsp3) is 0.182. The van der Waals surface area contributed by atoms with E-state index in [-0.39, 0.29) is 6.61 Å². The minimum atomic E-state index is -1.36. The van der Waals surface area contributed by atoms with Crippen molar-refractivity contribution in [3.63, 3.8) is 0 Å². The minimum absolute atomic E-state index is 0.0113. The van der Waals surface area contributed by atoms with Crippen molar-refractivity contribution in [2.24, 2.45) is 5.11 Å². The van der Waals surface area contributed by atoms with Crippen LogP contribution in [0.25, 0.3) is 16.5 Å². The molecule has 0 atom stereocenters. The fourth-order valence-corrected chi connectivity index (χ4v) is 1.18. The molecule has 1 aromatic carbocycles. The van der Waals surface area contributed by atoms with Crippen LogP contribution in [0.15, 0.2) is 22.9 Å². The number of carbonyl (C=O) groups is 1. The first kappa shape index (κ1) is 14.6. The first-order valence-electron chi connectivity index (χ1n) is 5.08. The number of hydrogen-bond acceptors (Lipinski definition) is 3. The third-order valence-corrected chi connectivity index (χ3v) is 1.97. The average Bonchev–Trinajstić information content (AvgIpc) is 2.35. The van der Waals surface area contributed by atoms with E-state index in [4.69, 9.17) is 5.53 Å². The SMILES string of the molecule is CCOC(=O)C(=Cc1cc(F)c(F)cc1F)N=[N+]=[N-]. The van der Waals surface area contributed by atoms with E-state index in [1.807, 2.05) is 0 Å². The van der Waals surface area contributed by atoms with Gasteiger partial charge in [0.2, 0.25) is 0 Å². The maximum atomic E-state index is 13.3. The Kier molecular flexibility index (Phi) is 4.96. The van der Waals surface area contributed by atoms with Gasteiger partial charge in [0.25, 0.3) is 0 Å². The van der Waals surface area contributed by atoms with Crippen molar-refractivity contribution in [3.05, 3.63) is 51.3 Å². The second-order valence-electron chi connectivity index (χ2n) is 3.23. The third kappa shape index (κ3) is 3.75. The average molecular weight is 271 g/mol. The van der Waals surface area contributed by atoms with Gasteiger partial charge in [0.1, 0.15) is 11.5 Å². The van der Waals surface area contributed by atoms with E-state index in [9.17, 15) is 18.0 Å². The van der Waals surface area contributed by atoms with E-state index in [2.05, 4.69) is 14.8 Å². The molecule has 0 aliphatic heterocycles. The van der Waals surface area contributed by atoms with Crippen LogP contribution in [-0.2, 0) is 9.53 Å². The number of nitrogens with zero attached hydrogens (tertiary/aromatic N) is 3. The van der Waals surface area contributed by atoms with E-state index < -0.39 is 34.7 Å². The molecule has 0 aromatic heterocycles. The Morgan fingerprint density at radius 2 is 2.00 bits per heavy atom. The number of carbonyl (C=O) groups excluding carboxylic acids is 1. The molecule has 0 saturated carbocycles. The van der Waals surface area contributed by atoms with Crippen molar-refractivity contribution in [1.82, 2.24) is 0 Å². The van der Waals surface area contributed by atoms with E-state index in [1.54, 1.807) is 0 Å². The third-order valence-electron chi connectivity index (χ3n) is 1.97. The van der Waals surface area contributed by atoms with Crippen LogP contribution in [0.4, 0.5) is 13.2 Å². The highest BCUT2D eigenvalue weighted by atomic mass is 19.2. The van der Waals surface area contributed by atoms with Gasteiger partial charge in [-0.05, 0) is 24.6 Å². The van der Waals surface area contributed by atoms with Gasteiger partial charge in [-0.25, -0.2) is 18.0 Å². The number of esters is 1. The Labute approximate surface area is 105 Å². The molecular weight excluding hydrogens is 263 g/mol. The van der Waals surface area contributed by atoms with Gasteiger partial charge in [-0.3, -0.25) is 0 Å². The van der Waals surface area contributed by atoms with Crippen LogP contribution in [0.2, 0.25) is 0 Å². The maximum absolute atomic E-state index is 13.3. The number of hydrogen-bond donors (Lipinski definition) is 0. The molecule has 19 heavy (non-hydrogen) atoms. The minimum Gasteiger partial charge on any atom is -0.462 e. The Balaban J connectivity index is 3.26. The first-order chi connectivity index (χ1) is 8.99. The Bertz CT molecular complexity index is 581. The lowest BCUT2D eigenvalue weighted by molar-refractivity contribution is -0.138. The summed E-state index contributed by atoms with van der Waals surface area (Å²) in [5.74, 6) is -4.76. The largest absolute Gasteiger partial charge is 0.462 e. The van der Waals surface area contributed by atoms with Crippen LogP contribution in [0.3, 0.4) is 0 Å². The number of halogens is 3. The quantitative estimate of drug-likeness (QED) is 0.210. The Hall–Kier alpha value is -2.47. The van der Waals surface area contributed by atoms with Crippen LogP contribution in [0.5, 0.6) is 0 Å². The second kappa shape index (κ2) is 6.46. The summed E-state index contributed by atoms with van der Waals surface area (Å²) in [7, 11) is 0. The van der Waals surface area contributed by atoms with Crippen molar-refractivity contribution in [3.8, 4) is 0 Å². The number of benzene rings is 1. The normalized spacial score (nSPS) is 10.8. The molecule has 0 aliphatic rings. The molecule has 0 fully saturated rings. The van der Waals surface area contributed by atoms with E-state index >= 15 is 0 Å². The molecule has 0 amide bonds. The zero-order valence-corrected chi connectivity index (χ0v) is 9.73. The van der Waals surface area contributed by atoms with Crippen LogP contribution < -0.4 is 0 Å². The summed E-state index contributed by atoms with van der Waals surface area (Å²) in [4.78, 5) is 13.7. The van der Waals surface area contributed by atoms with Crippen molar-refractivity contribution < 1.29 is 22.7 Å². The van der Waals surface area contributed by atoms with Gasteiger partial charge >= 0.3 is 5.97 Å². The van der Waals surface area contributed by atoms with Crippen molar-refractivity contribution in [2.45, 2.75) is 6.92 Å². The lowest BCUT2D eigenvalue weighted by atomic mass is 10.1. The predicted octanol–water partition coefficient (Wildman–Crippen LogP) is 3.32. The molecular formula is C11H8F3N3O2. The van der Waals surface area contributed by atoms with Crippen molar-refractivity contribution >= 4 is 12.0 Å². The molecule has 0 N–H and O–H groups in total. The lowest BCUT2D eigenvalue weighted by Gasteiger charge is -2.03. The van der Waals surface area contributed by atoms with Crippen LogP contribution in [0.1, 0.15) is 12.5 Å². The zero-order chi connectivity index (χ0) is 14.4. The zero-order valence-electron chi connectivity index (χ0n) is 9.73. The van der Waals surface area contributed by atoms with E-state index in [0.29, 0.717) is 12.1 Å². The van der Waals surface area contributed by atoms with Gasteiger partial charge in [-0.2, -0.15) is 0 Å². The van der Waals surface area contributed by atoms with Gasteiger partial charge in [-0.15, -0.1) is 0 Å². The number of ether oxygens (including phenoxy) is 1. The summed E-state index contributed by atoms with van der Waals surface area (Å²) in [6.45, 7) is 1.53. The highest BCUT2D eigenvalue weighted by Crippen LogP contribution is 2.17. The van der Waals surface area contributed by atoms with Gasteiger partial charge in [-0.1, -0.05) is 5.11 Å². The second-order valence-corrected chi connectivity index (χ2v) is 3.23. The van der Waals surface area contributed by atoms with Crippen molar-refractivity contribution in [2.75, 3.05) is 6.61 Å². The summed E-state index contributed by atoms with van der Waals surface area (Å²) in [5, 5.41) is 3.02. The molecule has 0 spiro atoms. The molecule has 0 radical (unpaired) electrons. The molecule has 8 heteroatoms. The standard InChI is InChI=1S/C11H8F3N3O2/c1-2-19-11(18)10(16-17-15)4-6-3-8(13)9(14)5-7(6)12/h3-5H,2H2,1H3. The monoisotopic (exact) mass is 271 g/mol. The van der Waals surface area contributed by atoms with Crippen molar-refractivity contribution in [1.29, 1.82) is 0 Å². The molecule has 1 rings (SSSR count). The summed E-state index contributed by atoms with van der Waals surface area (Å²) in [6, 6.07) is 0.858. The molecule has 0 unspecified atom stereocenters. The van der Waals surface area contributed by atoms with E-state index in [1.165, 1.54) is 6.92 Å². The van der Waals surface area contributed by atoms with Gasteiger partial charge in [0.05, 0.1) is 6.61 Å². The molecule has 0 bridgehead atoms. The van der Waals surface area contributed by atoms with Crippen LogP contribution >= 0.6 is 0 Å². The number of azide groups is 1. The fourth-order valence-electron chi connectivity index (χ4n) is 1.18. The molecule has 1 aromatic rings. The van der Waals surface area contributed by atoms with Gasteiger partial charge in [0.15, 0.2) is 11.6 Å². The molecule has 0 saturated heterocycles. The summed E-state index contributed by atoms with van der Waals surface area (Å²) in [6.07, 6.45) is 0.773. The van der Waals surface area contributed by atoms with Gasteiger partial charge < -0.3 is 4.74 Å². The smallest absolute Gasteiger partial charge is 0.340 e. The molecule has 5 nitrogen and oxygen atoms in total.